The van der Waals surface area contributed by atoms with Crippen molar-refractivity contribution < 1.29 is 9.59 Å². The monoisotopic (exact) mass is 315 g/mol. The first-order valence-corrected chi connectivity index (χ1v) is 8.54. The topological polar surface area (TPSA) is 61.4 Å². The van der Waals surface area contributed by atoms with Gasteiger partial charge in [0, 0.05) is 30.9 Å². The van der Waals surface area contributed by atoms with Crippen LogP contribution < -0.4 is 10.6 Å². The SMILES string of the molecule is CC1CCN(C(=O)c2ccc(NC(=O)C3CCNC3)cc2)CC1. The number of rotatable bonds is 3. The van der Waals surface area contributed by atoms with Crippen molar-refractivity contribution in [2.75, 3.05) is 31.5 Å². The normalized spacial score (nSPS) is 22.1. The van der Waals surface area contributed by atoms with Crippen LogP contribution in [0.3, 0.4) is 0 Å². The van der Waals surface area contributed by atoms with Gasteiger partial charge in [-0.1, -0.05) is 6.92 Å². The van der Waals surface area contributed by atoms with E-state index in [1.165, 1.54) is 0 Å². The molecule has 124 valence electrons. The van der Waals surface area contributed by atoms with Gasteiger partial charge in [-0.05, 0) is 56.0 Å². The number of anilines is 1. The average Bonchev–Trinajstić information content (AvgIpc) is 3.10. The first-order chi connectivity index (χ1) is 11.1. The molecule has 5 nitrogen and oxygen atoms in total. The van der Waals surface area contributed by atoms with Crippen LogP contribution in [0.2, 0.25) is 0 Å². The van der Waals surface area contributed by atoms with E-state index in [-0.39, 0.29) is 17.7 Å². The van der Waals surface area contributed by atoms with Crippen molar-refractivity contribution in [3.05, 3.63) is 29.8 Å². The third-order valence-corrected chi connectivity index (χ3v) is 4.90. The van der Waals surface area contributed by atoms with Gasteiger partial charge < -0.3 is 15.5 Å². The zero-order valence-corrected chi connectivity index (χ0v) is 13.7. The highest BCUT2D eigenvalue weighted by atomic mass is 16.2. The molecule has 0 radical (unpaired) electrons. The minimum absolute atomic E-state index is 0.0478. The van der Waals surface area contributed by atoms with Crippen molar-refractivity contribution in [1.82, 2.24) is 10.2 Å². The van der Waals surface area contributed by atoms with Crippen molar-refractivity contribution in [1.29, 1.82) is 0 Å². The highest BCUT2D eigenvalue weighted by Crippen LogP contribution is 2.19. The summed E-state index contributed by atoms with van der Waals surface area (Å²) in [6.07, 6.45) is 3.04. The molecular weight excluding hydrogens is 290 g/mol. The Kier molecular flexibility index (Phi) is 4.96. The van der Waals surface area contributed by atoms with Gasteiger partial charge in [0.2, 0.25) is 5.91 Å². The minimum Gasteiger partial charge on any atom is -0.339 e. The predicted octanol–water partition coefficient (Wildman–Crippen LogP) is 2.11. The molecule has 2 fully saturated rings. The summed E-state index contributed by atoms with van der Waals surface area (Å²) in [5, 5.41) is 6.12. The van der Waals surface area contributed by atoms with E-state index in [4.69, 9.17) is 0 Å². The van der Waals surface area contributed by atoms with Crippen molar-refractivity contribution in [3.8, 4) is 0 Å². The lowest BCUT2D eigenvalue weighted by Gasteiger charge is -2.30. The summed E-state index contributed by atoms with van der Waals surface area (Å²) in [4.78, 5) is 26.5. The lowest BCUT2D eigenvalue weighted by molar-refractivity contribution is -0.119. The second-order valence-corrected chi connectivity index (χ2v) is 6.73. The van der Waals surface area contributed by atoms with E-state index in [1.54, 1.807) is 0 Å². The number of piperidine rings is 1. The molecule has 0 spiro atoms. The number of hydrogen-bond acceptors (Lipinski definition) is 3. The highest BCUT2D eigenvalue weighted by Gasteiger charge is 2.23. The minimum atomic E-state index is 0.0478. The van der Waals surface area contributed by atoms with Crippen molar-refractivity contribution in [2.45, 2.75) is 26.2 Å². The number of hydrogen-bond donors (Lipinski definition) is 2. The van der Waals surface area contributed by atoms with Gasteiger partial charge in [-0.3, -0.25) is 9.59 Å². The van der Waals surface area contributed by atoms with Crippen molar-refractivity contribution in [2.24, 2.45) is 11.8 Å². The number of carbonyl (C=O) groups excluding carboxylic acids is 2. The molecule has 5 heteroatoms. The number of benzene rings is 1. The molecule has 1 unspecified atom stereocenters. The average molecular weight is 315 g/mol. The fraction of sp³-hybridized carbons (Fsp3) is 0.556. The van der Waals surface area contributed by atoms with E-state index in [0.29, 0.717) is 11.5 Å². The van der Waals surface area contributed by atoms with E-state index in [9.17, 15) is 9.59 Å². The van der Waals surface area contributed by atoms with Crippen LogP contribution >= 0.6 is 0 Å². The van der Waals surface area contributed by atoms with Gasteiger partial charge >= 0.3 is 0 Å². The van der Waals surface area contributed by atoms with Gasteiger partial charge in [0.25, 0.3) is 5.91 Å². The number of carbonyl (C=O) groups is 2. The third kappa shape index (κ3) is 3.91. The summed E-state index contributed by atoms with van der Waals surface area (Å²) in [5.74, 6) is 0.905. The van der Waals surface area contributed by atoms with E-state index in [2.05, 4.69) is 17.6 Å². The standard InChI is InChI=1S/C18H25N3O2/c1-13-7-10-21(11-8-13)18(23)14-2-4-16(5-3-14)20-17(22)15-6-9-19-12-15/h2-5,13,15,19H,6-12H2,1H3,(H,20,22). The summed E-state index contributed by atoms with van der Waals surface area (Å²) < 4.78 is 0. The van der Waals surface area contributed by atoms with E-state index in [1.807, 2.05) is 29.2 Å². The molecule has 2 N–H and O–H groups in total. The summed E-state index contributed by atoms with van der Waals surface area (Å²) >= 11 is 0. The maximum atomic E-state index is 12.5. The van der Waals surface area contributed by atoms with E-state index < -0.39 is 0 Å². The second-order valence-electron chi connectivity index (χ2n) is 6.73. The molecule has 0 aromatic heterocycles. The first kappa shape index (κ1) is 16.0. The smallest absolute Gasteiger partial charge is 0.253 e. The molecule has 0 aliphatic carbocycles. The van der Waals surface area contributed by atoms with Gasteiger partial charge in [-0.25, -0.2) is 0 Å². The molecule has 2 saturated heterocycles. The first-order valence-electron chi connectivity index (χ1n) is 8.54. The second kappa shape index (κ2) is 7.13. The molecule has 2 amide bonds. The maximum absolute atomic E-state index is 12.5. The fourth-order valence-electron chi connectivity index (χ4n) is 3.21. The zero-order chi connectivity index (χ0) is 16.2. The number of amides is 2. The van der Waals surface area contributed by atoms with Gasteiger partial charge in [0.1, 0.15) is 0 Å². The van der Waals surface area contributed by atoms with Gasteiger partial charge in [-0.15, -0.1) is 0 Å². The summed E-state index contributed by atoms with van der Waals surface area (Å²) in [7, 11) is 0. The zero-order valence-electron chi connectivity index (χ0n) is 13.7. The lowest BCUT2D eigenvalue weighted by atomic mass is 9.98. The summed E-state index contributed by atoms with van der Waals surface area (Å²) in [6, 6.07) is 7.26. The molecular formula is C18H25N3O2. The third-order valence-electron chi connectivity index (χ3n) is 4.90. The maximum Gasteiger partial charge on any atom is 0.253 e. The molecule has 1 aromatic carbocycles. The highest BCUT2D eigenvalue weighted by molar-refractivity contribution is 5.96. The largest absolute Gasteiger partial charge is 0.339 e. The Balaban J connectivity index is 1.58. The van der Waals surface area contributed by atoms with Gasteiger partial charge in [0.15, 0.2) is 0 Å². The predicted molar refractivity (Wildman–Crippen MR) is 90.3 cm³/mol. The van der Waals surface area contributed by atoms with E-state index in [0.717, 1.165) is 51.1 Å². The van der Waals surface area contributed by atoms with Crippen LogP contribution in [0.1, 0.15) is 36.5 Å². The van der Waals surface area contributed by atoms with Gasteiger partial charge in [0.05, 0.1) is 5.92 Å². The number of nitrogens with zero attached hydrogens (tertiary/aromatic N) is 1. The van der Waals surface area contributed by atoms with E-state index >= 15 is 0 Å². The van der Waals surface area contributed by atoms with Crippen molar-refractivity contribution >= 4 is 17.5 Å². The quantitative estimate of drug-likeness (QED) is 0.898. The number of nitrogens with one attached hydrogen (secondary N) is 2. The van der Waals surface area contributed by atoms with Crippen LogP contribution in [0.15, 0.2) is 24.3 Å². The van der Waals surface area contributed by atoms with Gasteiger partial charge in [-0.2, -0.15) is 0 Å². The van der Waals surface area contributed by atoms with Crippen LogP contribution in [0.4, 0.5) is 5.69 Å². The van der Waals surface area contributed by atoms with Crippen LogP contribution in [0.25, 0.3) is 0 Å². The van der Waals surface area contributed by atoms with Crippen LogP contribution in [-0.2, 0) is 4.79 Å². The molecule has 0 saturated carbocycles. The molecule has 0 bridgehead atoms. The summed E-state index contributed by atoms with van der Waals surface area (Å²) in [5.41, 5.74) is 1.45. The Morgan fingerprint density at radius 1 is 1.13 bits per heavy atom. The van der Waals surface area contributed by atoms with Crippen LogP contribution in [0, 0.1) is 11.8 Å². The Bertz CT molecular complexity index is 556. The Morgan fingerprint density at radius 3 is 2.43 bits per heavy atom. The van der Waals surface area contributed by atoms with Crippen LogP contribution in [-0.4, -0.2) is 42.9 Å². The lowest BCUT2D eigenvalue weighted by Crippen LogP contribution is -2.37. The molecule has 2 heterocycles. The Labute approximate surface area is 137 Å². The Hall–Kier alpha value is -1.88. The molecule has 1 atom stereocenters. The Morgan fingerprint density at radius 2 is 1.83 bits per heavy atom. The molecule has 23 heavy (non-hydrogen) atoms. The molecule has 2 aliphatic rings. The molecule has 2 aliphatic heterocycles. The fourth-order valence-corrected chi connectivity index (χ4v) is 3.21. The van der Waals surface area contributed by atoms with Crippen LogP contribution in [0.5, 0.6) is 0 Å². The summed E-state index contributed by atoms with van der Waals surface area (Å²) in [6.45, 7) is 5.56. The molecule has 1 aromatic rings. The molecule has 3 rings (SSSR count). The number of likely N-dealkylation sites (tertiary alicyclic amines) is 1. The van der Waals surface area contributed by atoms with Crippen molar-refractivity contribution in [3.63, 3.8) is 0 Å².